The Morgan fingerprint density at radius 1 is 1.18 bits per heavy atom. The molecule has 0 amide bonds. The number of rotatable bonds is 8. The summed E-state index contributed by atoms with van der Waals surface area (Å²) in [5, 5.41) is 3.12. The first-order valence-corrected chi connectivity index (χ1v) is 6.41. The monoisotopic (exact) mass is 238 g/mol. The molecular weight excluding hydrogens is 215 g/mol. The van der Waals surface area contributed by atoms with Gasteiger partial charge in [-0.1, -0.05) is 31.9 Å². The van der Waals surface area contributed by atoms with Crippen LogP contribution in [-0.2, 0) is 0 Å². The van der Waals surface area contributed by atoms with Crippen molar-refractivity contribution in [2.75, 3.05) is 32.0 Å². The Bertz CT molecular complexity index is 315. The van der Waals surface area contributed by atoms with E-state index in [0.29, 0.717) is 5.69 Å². The van der Waals surface area contributed by atoms with Crippen LogP contribution in [0.2, 0.25) is 0 Å². The normalized spacial score (nSPS) is 10.8. The summed E-state index contributed by atoms with van der Waals surface area (Å²) in [5.74, 6) is -0.180. The topological polar surface area (TPSA) is 15.3 Å². The molecule has 1 rings (SSSR count). The van der Waals surface area contributed by atoms with Gasteiger partial charge in [0, 0.05) is 13.1 Å². The van der Waals surface area contributed by atoms with Crippen LogP contribution >= 0.6 is 0 Å². The Hall–Kier alpha value is -1.09. The maximum atomic E-state index is 13.3. The number of nitrogens with zero attached hydrogens (tertiary/aromatic N) is 1. The van der Waals surface area contributed by atoms with Gasteiger partial charge in [-0.2, -0.15) is 0 Å². The smallest absolute Gasteiger partial charge is 0.146 e. The highest BCUT2D eigenvalue weighted by Gasteiger charge is 2.00. The second kappa shape index (κ2) is 8.07. The first-order valence-electron chi connectivity index (χ1n) is 6.41. The Morgan fingerprint density at radius 3 is 2.65 bits per heavy atom. The third-order valence-corrected chi connectivity index (χ3v) is 2.83. The van der Waals surface area contributed by atoms with Crippen LogP contribution in [-0.4, -0.2) is 31.6 Å². The van der Waals surface area contributed by atoms with Crippen molar-refractivity contribution in [1.82, 2.24) is 4.90 Å². The molecule has 0 aliphatic heterocycles. The molecule has 0 saturated carbocycles. The minimum Gasteiger partial charge on any atom is -0.381 e. The zero-order chi connectivity index (χ0) is 12.5. The number of hydrogen-bond donors (Lipinski definition) is 1. The van der Waals surface area contributed by atoms with E-state index in [1.54, 1.807) is 12.1 Å². The quantitative estimate of drug-likeness (QED) is 0.699. The summed E-state index contributed by atoms with van der Waals surface area (Å²) in [6.45, 7) is 5.05. The van der Waals surface area contributed by atoms with Gasteiger partial charge < -0.3 is 10.2 Å². The van der Waals surface area contributed by atoms with Crippen molar-refractivity contribution in [2.24, 2.45) is 0 Å². The van der Waals surface area contributed by atoms with Gasteiger partial charge in [0.2, 0.25) is 0 Å². The van der Waals surface area contributed by atoms with Crippen LogP contribution in [0.5, 0.6) is 0 Å². The Balaban J connectivity index is 2.17. The Labute approximate surface area is 104 Å². The van der Waals surface area contributed by atoms with E-state index in [2.05, 4.69) is 24.2 Å². The fraction of sp³-hybridized carbons (Fsp3) is 0.571. The number of para-hydroxylation sites is 1. The van der Waals surface area contributed by atoms with E-state index in [4.69, 9.17) is 0 Å². The van der Waals surface area contributed by atoms with Crippen LogP contribution in [0.25, 0.3) is 0 Å². The lowest BCUT2D eigenvalue weighted by molar-refractivity contribution is 0.337. The van der Waals surface area contributed by atoms with Crippen molar-refractivity contribution < 1.29 is 4.39 Å². The summed E-state index contributed by atoms with van der Waals surface area (Å²) < 4.78 is 13.3. The molecule has 1 N–H and O–H groups in total. The van der Waals surface area contributed by atoms with E-state index in [-0.39, 0.29) is 5.82 Å². The summed E-state index contributed by atoms with van der Waals surface area (Å²) in [6, 6.07) is 6.80. The van der Waals surface area contributed by atoms with E-state index in [9.17, 15) is 4.39 Å². The molecule has 0 unspecified atom stereocenters. The second-order valence-electron chi connectivity index (χ2n) is 4.42. The third-order valence-electron chi connectivity index (χ3n) is 2.83. The Kier molecular flexibility index (Phi) is 6.63. The van der Waals surface area contributed by atoms with Crippen LogP contribution in [0, 0.1) is 5.82 Å². The molecule has 0 bridgehead atoms. The summed E-state index contributed by atoms with van der Waals surface area (Å²) in [6.07, 6.45) is 3.78. The third kappa shape index (κ3) is 5.68. The summed E-state index contributed by atoms with van der Waals surface area (Å²) in [4.78, 5) is 2.28. The van der Waals surface area contributed by atoms with Crippen LogP contribution < -0.4 is 5.32 Å². The van der Waals surface area contributed by atoms with Crippen molar-refractivity contribution in [3.05, 3.63) is 30.1 Å². The van der Waals surface area contributed by atoms with E-state index >= 15 is 0 Å². The highest BCUT2D eigenvalue weighted by Crippen LogP contribution is 2.11. The number of halogens is 1. The lowest BCUT2D eigenvalue weighted by Crippen LogP contribution is -2.26. The molecule has 2 nitrogen and oxygen atoms in total. The van der Waals surface area contributed by atoms with Gasteiger partial charge in [0.05, 0.1) is 5.69 Å². The molecule has 3 heteroatoms. The van der Waals surface area contributed by atoms with Crippen LogP contribution in [0.3, 0.4) is 0 Å². The molecule has 0 heterocycles. The van der Waals surface area contributed by atoms with Crippen molar-refractivity contribution >= 4 is 5.69 Å². The van der Waals surface area contributed by atoms with Gasteiger partial charge in [0.15, 0.2) is 0 Å². The number of nitrogens with one attached hydrogen (secondary N) is 1. The molecule has 17 heavy (non-hydrogen) atoms. The zero-order valence-corrected chi connectivity index (χ0v) is 10.9. The van der Waals surface area contributed by atoms with Crippen molar-refractivity contribution in [3.8, 4) is 0 Å². The minimum absolute atomic E-state index is 0.180. The molecule has 0 radical (unpaired) electrons. The molecule has 0 fully saturated rings. The van der Waals surface area contributed by atoms with Gasteiger partial charge in [0.1, 0.15) is 5.82 Å². The van der Waals surface area contributed by atoms with Gasteiger partial charge in [-0.3, -0.25) is 0 Å². The van der Waals surface area contributed by atoms with Gasteiger partial charge in [-0.15, -0.1) is 0 Å². The molecule has 96 valence electrons. The van der Waals surface area contributed by atoms with E-state index in [1.807, 2.05) is 6.07 Å². The number of likely N-dealkylation sites (N-methyl/N-ethyl adjacent to an activating group) is 1. The average molecular weight is 238 g/mol. The lowest BCUT2D eigenvalue weighted by atomic mass is 10.2. The van der Waals surface area contributed by atoms with Gasteiger partial charge in [-0.05, 0) is 32.1 Å². The highest BCUT2D eigenvalue weighted by molar-refractivity contribution is 5.44. The predicted octanol–water partition coefficient (Wildman–Crippen LogP) is 3.36. The largest absolute Gasteiger partial charge is 0.381 e. The van der Waals surface area contributed by atoms with Gasteiger partial charge >= 0.3 is 0 Å². The number of hydrogen-bond acceptors (Lipinski definition) is 2. The maximum absolute atomic E-state index is 13.3. The van der Waals surface area contributed by atoms with Crippen LogP contribution in [0.15, 0.2) is 24.3 Å². The first kappa shape index (κ1) is 14.0. The number of unbranched alkanes of at least 4 members (excludes halogenated alkanes) is 2. The molecule has 1 aromatic carbocycles. The van der Waals surface area contributed by atoms with Gasteiger partial charge in [0.25, 0.3) is 0 Å². The second-order valence-corrected chi connectivity index (χ2v) is 4.42. The summed E-state index contributed by atoms with van der Waals surface area (Å²) in [7, 11) is 2.11. The zero-order valence-electron chi connectivity index (χ0n) is 10.9. The fourth-order valence-electron chi connectivity index (χ4n) is 1.73. The first-order chi connectivity index (χ1) is 8.24. The van der Waals surface area contributed by atoms with Crippen LogP contribution in [0.4, 0.5) is 10.1 Å². The van der Waals surface area contributed by atoms with E-state index < -0.39 is 0 Å². The average Bonchev–Trinajstić information content (AvgIpc) is 2.32. The molecule has 0 aliphatic carbocycles. The fourth-order valence-corrected chi connectivity index (χ4v) is 1.73. The summed E-state index contributed by atoms with van der Waals surface area (Å²) >= 11 is 0. The molecule has 0 atom stereocenters. The molecule has 0 aromatic heterocycles. The molecule has 0 saturated heterocycles. The van der Waals surface area contributed by atoms with Crippen molar-refractivity contribution in [2.45, 2.75) is 26.2 Å². The molecule has 1 aromatic rings. The molecular formula is C14H23FN2. The maximum Gasteiger partial charge on any atom is 0.146 e. The number of benzene rings is 1. The van der Waals surface area contributed by atoms with E-state index in [0.717, 1.165) is 19.6 Å². The number of anilines is 1. The predicted molar refractivity (Wildman–Crippen MR) is 71.9 cm³/mol. The Morgan fingerprint density at radius 2 is 1.94 bits per heavy atom. The lowest BCUT2D eigenvalue weighted by Gasteiger charge is -2.17. The SMILES string of the molecule is CCCCCN(C)CCNc1ccccc1F. The minimum atomic E-state index is -0.180. The van der Waals surface area contributed by atoms with E-state index in [1.165, 1.54) is 25.3 Å². The summed E-state index contributed by atoms with van der Waals surface area (Å²) in [5.41, 5.74) is 0.592. The molecule has 0 aliphatic rings. The van der Waals surface area contributed by atoms with Crippen molar-refractivity contribution in [1.29, 1.82) is 0 Å². The van der Waals surface area contributed by atoms with Gasteiger partial charge in [-0.25, -0.2) is 4.39 Å². The molecule has 0 spiro atoms. The highest BCUT2D eigenvalue weighted by atomic mass is 19.1. The van der Waals surface area contributed by atoms with Crippen molar-refractivity contribution in [3.63, 3.8) is 0 Å². The standard InChI is InChI=1S/C14H23FN2/c1-3-4-7-11-17(2)12-10-16-14-9-6-5-8-13(14)15/h5-6,8-9,16H,3-4,7,10-12H2,1-2H3. The van der Waals surface area contributed by atoms with Crippen LogP contribution in [0.1, 0.15) is 26.2 Å².